The zero-order chi connectivity index (χ0) is 23.3. The van der Waals surface area contributed by atoms with E-state index in [0.717, 1.165) is 17.7 Å². The largest absolute Gasteiger partial charge is 0.384 e. The van der Waals surface area contributed by atoms with Gasteiger partial charge in [-0.05, 0) is 42.3 Å². The van der Waals surface area contributed by atoms with Crippen LogP contribution in [-0.2, 0) is 16.1 Å². The Labute approximate surface area is 196 Å². The van der Waals surface area contributed by atoms with Crippen LogP contribution in [0.25, 0.3) is 11.1 Å². The molecule has 1 heterocycles. The lowest BCUT2D eigenvalue weighted by Gasteiger charge is -2.19. The van der Waals surface area contributed by atoms with E-state index in [2.05, 4.69) is 10.3 Å². The van der Waals surface area contributed by atoms with E-state index < -0.39 is 29.2 Å². The average molecular weight is 476 g/mol. The van der Waals surface area contributed by atoms with Gasteiger partial charge in [0, 0.05) is 30.5 Å². The third kappa shape index (κ3) is 6.24. The second-order valence-electron chi connectivity index (χ2n) is 6.99. The van der Waals surface area contributed by atoms with Crippen molar-refractivity contribution in [1.29, 1.82) is 5.41 Å². The van der Waals surface area contributed by atoms with Gasteiger partial charge in [-0.15, -0.1) is 12.4 Å². The van der Waals surface area contributed by atoms with Crippen LogP contribution in [0.1, 0.15) is 29.7 Å². The Hall–Kier alpha value is -3.56. The Morgan fingerprint density at radius 2 is 1.76 bits per heavy atom. The number of nitrogens with one attached hydrogen (secondary N) is 2. The first kappa shape index (κ1) is 25.7. The summed E-state index contributed by atoms with van der Waals surface area (Å²) in [6.45, 7) is 1.82. The average Bonchev–Trinajstić information content (AvgIpc) is 2.77. The van der Waals surface area contributed by atoms with Crippen molar-refractivity contribution in [3.05, 3.63) is 83.1 Å². The second kappa shape index (κ2) is 11.3. The summed E-state index contributed by atoms with van der Waals surface area (Å²) in [5, 5.41) is 10.0. The Morgan fingerprint density at radius 3 is 2.27 bits per heavy atom. The highest BCUT2D eigenvalue weighted by Crippen LogP contribution is 2.30. The number of carbonyl (C=O) groups excluding carboxylic acids is 1. The number of halogens is 3. The molecule has 0 aliphatic heterocycles. The number of anilines is 1. The topological polar surface area (TPSA) is 127 Å². The highest BCUT2D eigenvalue weighted by Gasteiger charge is 2.28. The molecule has 0 bridgehead atoms. The highest BCUT2D eigenvalue weighted by molar-refractivity contribution is 5.94. The van der Waals surface area contributed by atoms with Crippen molar-refractivity contribution in [3.8, 4) is 11.1 Å². The summed E-state index contributed by atoms with van der Waals surface area (Å²) in [4.78, 5) is 16.7. The van der Waals surface area contributed by atoms with E-state index in [-0.39, 0.29) is 42.8 Å². The van der Waals surface area contributed by atoms with Gasteiger partial charge >= 0.3 is 0 Å². The fraction of sp³-hybridized carbons (Fsp3) is 0.174. The van der Waals surface area contributed by atoms with Gasteiger partial charge in [0.2, 0.25) is 0 Å². The van der Waals surface area contributed by atoms with E-state index in [9.17, 15) is 13.6 Å². The molecule has 0 fully saturated rings. The van der Waals surface area contributed by atoms with Crippen LogP contribution >= 0.6 is 12.4 Å². The molecule has 0 aliphatic carbocycles. The van der Waals surface area contributed by atoms with Gasteiger partial charge in [-0.1, -0.05) is 24.3 Å². The van der Waals surface area contributed by atoms with Gasteiger partial charge in [0.25, 0.3) is 5.91 Å². The van der Waals surface area contributed by atoms with Crippen LogP contribution < -0.4 is 16.8 Å². The summed E-state index contributed by atoms with van der Waals surface area (Å²) in [5.41, 5.74) is 12.5. The zero-order valence-corrected chi connectivity index (χ0v) is 18.6. The first-order valence-electron chi connectivity index (χ1n) is 9.83. The fourth-order valence-corrected chi connectivity index (χ4v) is 3.12. The standard InChI is InChI=1S/C23H23F2N5O2.ClH/c1-2-32-21(23(31)30-11-13-3-5-14(6-4-13)22(27)28)20-17(24)9-16(10-18(20)25)15-7-8-19(26)29-12-15;/h3-10,12,21H,2,11H2,1H3,(H2,26,29)(H3,27,28)(H,30,31);1H/t21-;/m0./s1. The van der Waals surface area contributed by atoms with Gasteiger partial charge in [0.15, 0.2) is 6.10 Å². The van der Waals surface area contributed by atoms with E-state index in [1.54, 1.807) is 37.3 Å². The maximum absolute atomic E-state index is 14.9. The number of nitrogens with zero attached hydrogens (tertiary/aromatic N) is 1. The molecule has 2 aromatic carbocycles. The lowest BCUT2D eigenvalue weighted by Crippen LogP contribution is -2.31. The number of amides is 1. The van der Waals surface area contributed by atoms with Gasteiger partial charge < -0.3 is 21.5 Å². The summed E-state index contributed by atoms with van der Waals surface area (Å²) in [6.07, 6.45) is -0.0528. The van der Waals surface area contributed by atoms with Crippen LogP contribution in [0.3, 0.4) is 0 Å². The highest BCUT2D eigenvalue weighted by atomic mass is 35.5. The molecular formula is C23H24ClF2N5O2. The van der Waals surface area contributed by atoms with Gasteiger partial charge in [-0.25, -0.2) is 13.8 Å². The summed E-state index contributed by atoms with van der Waals surface area (Å²) < 4.78 is 35.2. The van der Waals surface area contributed by atoms with Crippen molar-refractivity contribution < 1.29 is 18.3 Å². The van der Waals surface area contributed by atoms with Crippen LogP contribution in [0.4, 0.5) is 14.6 Å². The summed E-state index contributed by atoms with van der Waals surface area (Å²) in [6, 6.07) is 12.1. The molecule has 3 aromatic rings. The molecule has 0 radical (unpaired) electrons. The number of hydrogen-bond donors (Lipinski definition) is 4. The van der Waals surface area contributed by atoms with Crippen LogP contribution in [-0.4, -0.2) is 23.3 Å². The molecule has 6 N–H and O–H groups in total. The number of amidine groups is 1. The molecule has 3 rings (SSSR count). The molecule has 33 heavy (non-hydrogen) atoms. The molecule has 7 nitrogen and oxygen atoms in total. The number of ether oxygens (including phenoxy) is 1. The van der Waals surface area contributed by atoms with Crippen molar-refractivity contribution in [2.45, 2.75) is 19.6 Å². The minimum Gasteiger partial charge on any atom is -0.384 e. The third-order valence-electron chi connectivity index (χ3n) is 4.76. The fourth-order valence-electron chi connectivity index (χ4n) is 3.12. The SMILES string of the molecule is CCO[C@H](C(=O)NCc1ccc(C(=N)N)cc1)c1c(F)cc(-c2ccc(N)nc2)cc1F.Cl. The van der Waals surface area contributed by atoms with Crippen LogP contribution in [0, 0.1) is 17.0 Å². The monoisotopic (exact) mass is 475 g/mol. The number of rotatable bonds is 8. The van der Waals surface area contributed by atoms with Crippen molar-refractivity contribution in [2.75, 3.05) is 12.3 Å². The van der Waals surface area contributed by atoms with Crippen molar-refractivity contribution in [2.24, 2.45) is 5.73 Å². The van der Waals surface area contributed by atoms with Gasteiger partial charge in [-0.3, -0.25) is 10.2 Å². The molecule has 1 aromatic heterocycles. The maximum Gasteiger partial charge on any atom is 0.254 e. The van der Waals surface area contributed by atoms with Crippen molar-refractivity contribution in [1.82, 2.24) is 10.3 Å². The number of benzene rings is 2. The lowest BCUT2D eigenvalue weighted by atomic mass is 10.0. The van der Waals surface area contributed by atoms with E-state index in [4.69, 9.17) is 21.6 Å². The first-order chi connectivity index (χ1) is 15.3. The molecule has 0 aliphatic rings. The van der Waals surface area contributed by atoms with Crippen molar-refractivity contribution in [3.63, 3.8) is 0 Å². The number of aromatic nitrogens is 1. The Bertz CT molecular complexity index is 1100. The minimum atomic E-state index is -1.46. The normalized spacial score (nSPS) is 11.4. The molecule has 0 spiro atoms. The van der Waals surface area contributed by atoms with Crippen LogP contribution in [0.15, 0.2) is 54.7 Å². The quantitative estimate of drug-likeness (QED) is 0.292. The van der Waals surface area contributed by atoms with E-state index in [0.29, 0.717) is 11.1 Å². The molecule has 174 valence electrons. The lowest BCUT2D eigenvalue weighted by molar-refractivity contribution is -0.133. The smallest absolute Gasteiger partial charge is 0.254 e. The number of nitrogens with two attached hydrogens (primary N) is 2. The molecule has 0 saturated carbocycles. The molecule has 0 unspecified atom stereocenters. The van der Waals surface area contributed by atoms with Gasteiger partial charge in [0.1, 0.15) is 23.3 Å². The Morgan fingerprint density at radius 1 is 1.12 bits per heavy atom. The van der Waals surface area contributed by atoms with E-state index in [1.807, 2.05) is 0 Å². The molecule has 0 saturated heterocycles. The number of carbonyl (C=O) groups is 1. The number of hydrogen-bond acceptors (Lipinski definition) is 5. The third-order valence-corrected chi connectivity index (χ3v) is 4.76. The zero-order valence-electron chi connectivity index (χ0n) is 17.8. The van der Waals surface area contributed by atoms with Gasteiger partial charge in [0.05, 0.1) is 5.56 Å². The van der Waals surface area contributed by atoms with Crippen molar-refractivity contribution >= 4 is 30.0 Å². The molecule has 1 atom stereocenters. The Balaban J connectivity index is 0.00000385. The number of nitrogen functional groups attached to an aromatic ring is 2. The van der Waals surface area contributed by atoms with E-state index in [1.165, 1.54) is 12.3 Å². The molecule has 1 amide bonds. The summed E-state index contributed by atoms with van der Waals surface area (Å²) >= 11 is 0. The van der Waals surface area contributed by atoms with E-state index >= 15 is 0 Å². The molecular weight excluding hydrogens is 452 g/mol. The predicted octanol–water partition coefficient (Wildman–Crippen LogP) is 3.71. The van der Waals surface area contributed by atoms with Crippen LogP contribution in [0.5, 0.6) is 0 Å². The Kier molecular flexibility index (Phi) is 8.84. The van der Waals surface area contributed by atoms with Crippen LogP contribution in [0.2, 0.25) is 0 Å². The maximum atomic E-state index is 14.9. The first-order valence-corrected chi connectivity index (χ1v) is 9.83. The predicted molar refractivity (Wildman–Crippen MR) is 125 cm³/mol. The minimum absolute atomic E-state index is 0. The molecule has 10 heteroatoms. The van der Waals surface area contributed by atoms with Gasteiger partial charge in [-0.2, -0.15) is 0 Å². The summed E-state index contributed by atoms with van der Waals surface area (Å²) in [7, 11) is 0. The second-order valence-corrected chi connectivity index (χ2v) is 6.99. The summed E-state index contributed by atoms with van der Waals surface area (Å²) in [5.74, 6) is -2.27. The number of pyridine rings is 1.